The molecule has 5 heteroatoms. The number of amides is 1. The third kappa shape index (κ3) is 3.89. The van der Waals surface area contributed by atoms with Gasteiger partial charge in [-0.15, -0.1) is 0 Å². The molecule has 0 aliphatic rings. The molecule has 0 aliphatic heterocycles. The van der Waals surface area contributed by atoms with E-state index in [1.54, 1.807) is 13.8 Å². The highest BCUT2D eigenvalue weighted by molar-refractivity contribution is 5.85. The van der Waals surface area contributed by atoms with Crippen LogP contribution in [0.3, 0.4) is 0 Å². The van der Waals surface area contributed by atoms with Gasteiger partial charge in [0.15, 0.2) is 0 Å². The molecular weight excluding hydrogens is 172 g/mol. The van der Waals surface area contributed by atoms with Crippen LogP contribution < -0.4 is 5.73 Å². The number of likely N-dealkylation sites (N-methyl/N-ethyl adjacent to an activating group) is 1. The zero-order chi connectivity index (χ0) is 10.4. The van der Waals surface area contributed by atoms with E-state index in [1.165, 1.54) is 4.90 Å². The molecule has 0 rings (SSSR count). The summed E-state index contributed by atoms with van der Waals surface area (Å²) in [6, 6.07) is -0.584. The first-order valence-corrected chi connectivity index (χ1v) is 4.29. The Morgan fingerprint density at radius 1 is 1.46 bits per heavy atom. The number of carboxylic acid groups (broad SMARTS) is 1. The van der Waals surface area contributed by atoms with Gasteiger partial charge in [-0.1, -0.05) is 6.92 Å². The summed E-state index contributed by atoms with van der Waals surface area (Å²) in [6.45, 7) is 3.61. The molecule has 1 atom stereocenters. The van der Waals surface area contributed by atoms with Crippen molar-refractivity contribution in [3.8, 4) is 0 Å². The number of carbonyl (C=O) groups is 2. The van der Waals surface area contributed by atoms with Gasteiger partial charge in [-0.3, -0.25) is 9.59 Å². The minimum atomic E-state index is -1.02. The summed E-state index contributed by atoms with van der Waals surface area (Å²) in [5, 5.41) is 8.48. The summed E-state index contributed by atoms with van der Waals surface area (Å²) >= 11 is 0. The first-order chi connectivity index (χ1) is 6.02. The summed E-state index contributed by atoms with van der Waals surface area (Å²) in [4.78, 5) is 23.0. The SMILES string of the molecule is CC[C@@H](N)C(=O)N(CC)CC(=O)O. The van der Waals surface area contributed by atoms with Crippen LogP contribution in [0.15, 0.2) is 0 Å². The number of hydrogen-bond acceptors (Lipinski definition) is 3. The summed E-state index contributed by atoms with van der Waals surface area (Å²) in [5.41, 5.74) is 5.48. The molecule has 0 saturated heterocycles. The Labute approximate surface area is 77.5 Å². The molecule has 3 N–H and O–H groups in total. The number of carbonyl (C=O) groups excluding carboxylic acids is 1. The second-order valence-corrected chi connectivity index (χ2v) is 2.76. The van der Waals surface area contributed by atoms with Crippen molar-refractivity contribution in [3.63, 3.8) is 0 Å². The molecule has 0 aliphatic carbocycles. The maximum Gasteiger partial charge on any atom is 0.323 e. The van der Waals surface area contributed by atoms with Crippen LogP contribution in [-0.2, 0) is 9.59 Å². The molecule has 1 amide bonds. The number of rotatable bonds is 5. The Kier molecular flexibility index (Phi) is 5.06. The Hall–Kier alpha value is -1.10. The first-order valence-electron chi connectivity index (χ1n) is 4.29. The molecule has 0 spiro atoms. The molecule has 0 aromatic carbocycles. The summed E-state index contributed by atoms with van der Waals surface area (Å²) in [6.07, 6.45) is 0.523. The zero-order valence-corrected chi connectivity index (χ0v) is 7.99. The molecular formula is C8H16N2O3. The van der Waals surface area contributed by atoms with Crippen LogP contribution >= 0.6 is 0 Å². The van der Waals surface area contributed by atoms with Gasteiger partial charge < -0.3 is 15.7 Å². The smallest absolute Gasteiger partial charge is 0.323 e. The average molecular weight is 188 g/mol. The normalized spacial score (nSPS) is 12.2. The molecule has 5 nitrogen and oxygen atoms in total. The van der Waals surface area contributed by atoms with Crippen molar-refractivity contribution in [2.45, 2.75) is 26.3 Å². The van der Waals surface area contributed by atoms with Crippen molar-refractivity contribution in [1.82, 2.24) is 4.90 Å². The van der Waals surface area contributed by atoms with Crippen molar-refractivity contribution in [2.75, 3.05) is 13.1 Å². The number of aliphatic carboxylic acids is 1. The van der Waals surface area contributed by atoms with Gasteiger partial charge in [-0.25, -0.2) is 0 Å². The van der Waals surface area contributed by atoms with E-state index >= 15 is 0 Å². The van der Waals surface area contributed by atoms with Gasteiger partial charge >= 0.3 is 5.97 Å². The predicted octanol–water partition coefficient (Wildman–Crippen LogP) is -0.343. The van der Waals surface area contributed by atoms with Gasteiger partial charge in [0.1, 0.15) is 6.54 Å². The van der Waals surface area contributed by atoms with Crippen molar-refractivity contribution < 1.29 is 14.7 Å². The van der Waals surface area contributed by atoms with Crippen molar-refractivity contribution in [1.29, 1.82) is 0 Å². The number of carboxylic acids is 1. The minimum Gasteiger partial charge on any atom is -0.480 e. The third-order valence-corrected chi connectivity index (χ3v) is 1.78. The van der Waals surface area contributed by atoms with E-state index in [-0.39, 0.29) is 12.5 Å². The van der Waals surface area contributed by atoms with E-state index in [1.807, 2.05) is 0 Å². The topological polar surface area (TPSA) is 83.6 Å². The molecule has 0 saturated carbocycles. The van der Waals surface area contributed by atoms with E-state index in [4.69, 9.17) is 10.8 Å². The Morgan fingerprint density at radius 2 is 2.00 bits per heavy atom. The monoisotopic (exact) mass is 188 g/mol. The fourth-order valence-electron chi connectivity index (χ4n) is 0.918. The van der Waals surface area contributed by atoms with Crippen molar-refractivity contribution >= 4 is 11.9 Å². The summed E-state index contributed by atoms with van der Waals surface area (Å²) < 4.78 is 0. The highest BCUT2D eigenvalue weighted by Crippen LogP contribution is 1.96. The molecule has 0 radical (unpaired) electrons. The third-order valence-electron chi connectivity index (χ3n) is 1.78. The molecule has 0 heterocycles. The van der Waals surface area contributed by atoms with Crippen LogP contribution in [-0.4, -0.2) is 41.0 Å². The minimum absolute atomic E-state index is 0.275. The fraction of sp³-hybridized carbons (Fsp3) is 0.750. The van der Waals surface area contributed by atoms with Gasteiger partial charge in [0.05, 0.1) is 6.04 Å². The van der Waals surface area contributed by atoms with Crippen molar-refractivity contribution in [2.24, 2.45) is 5.73 Å². The van der Waals surface area contributed by atoms with E-state index in [2.05, 4.69) is 0 Å². The highest BCUT2D eigenvalue weighted by atomic mass is 16.4. The standard InChI is InChI=1S/C8H16N2O3/c1-3-6(9)8(13)10(4-2)5-7(11)12/h6H,3-5,9H2,1-2H3,(H,11,12)/t6-/m1/s1. The van der Waals surface area contributed by atoms with Gasteiger partial charge in [0.2, 0.25) is 5.91 Å². The molecule has 0 fully saturated rings. The van der Waals surface area contributed by atoms with Crippen molar-refractivity contribution in [3.05, 3.63) is 0 Å². The second-order valence-electron chi connectivity index (χ2n) is 2.76. The molecule has 0 unspecified atom stereocenters. The zero-order valence-electron chi connectivity index (χ0n) is 7.99. The lowest BCUT2D eigenvalue weighted by Gasteiger charge is -2.21. The largest absolute Gasteiger partial charge is 0.480 e. The molecule has 13 heavy (non-hydrogen) atoms. The number of nitrogens with zero attached hydrogens (tertiary/aromatic N) is 1. The lowest BCUT2D eigenvalue weighted by atomic mass is 10.2. The first kappa shape index (κ1) is 11.9. The Bertz CT molecular complexity index is 194. The van der Waals surface area contributed by atoms with Gasteiger partial charge in [0, 0.05) is 6.54 Å². The van der Waals surface area contributed by atoms with Crippen LogP contribution in [0.2, 0.25) is 0 Å². The van der Waals surface area contributed by atoms with E-state index < -0.39 is 12.0 Å². The number of hydrogen-bond donors (Lipinski definition) is 2. The quantitative estimate of drug-likeness (QED) is 0.618. The summed E-state index contributed by atoms with van der Waals surface area (Å²) in [7, 11) is 0. The van der Waals surface area contributed by atoms with Crippen LogP contribution in [0.1, 0.15) is 20.3 Å². The second kappa shape index (κ2) is 5.53. The fourth-order valence-corrected chi connectivity index (χ4v) is 0.918. The maximum absolute atomic E-state index is 11.4. The lowest BCUT2D eigenvalue weighted by Crippen LogP contribution is -2.45. The maximum atomic E-state index is 11.4. The Morgan fingerprint density at radius 3 is 2.31 bits per heavy atom. The van der Waals surface area contributed by atoms with Crippen LogP contribution in [0.4, 0.5) is 0 Å². The highest BCUT2D eigenvalue weighted by Gasteiger charge is 2.19. The van der Waals surface area contributed by atoms with E-state index in [0.717, 1.165) is 0 Å². The predicted molar refractivity (Wildman–Crippen MR) is 48.2 cm³/mol. The summed E-state index contributed by atoms with van der Waals surface area (Å²) in [5.74, 6) is -1.31. The van der Waals surface area contributed by atoms with E-state index in [9.17, 15) is 9.59 Å². The van der Waals surface area contributed by atoms with Gasteiger partial charge in [0.25, 0.3) is 0 Å². The van der Waals surface area contributed by atoms with Crippen LogP contribution in [0.5, 0.6) is 0 Å². The lowest BCUT2D eigenvalue weighted by molar-refractivity contribution is -0.144. The van der Waals surface area contributed by atoms with Crippen LogP contribution in [0.25, 0.3) is 0 Å². The molecule has 0 bridgehead atoms. The average Bonchev–Trinajstić information content (AvgIpc) is 2.11. The molecule has 0 aromatic heterocycles. The van der Waals surface area contributed by atoms with Gasteiger partial charge in [-0.2, -0.15) is 0 Å². The molecule has 0 aromatic rings. The molecule has 76 valence electrons. The van der Waals surface area contributed by atoms with Crippen LogP contribution in [0, 0.1) is 0 Å². The van der Waals surface area contributed by atoms with Gasteiger partial charge in [-0.05, 0) is 13.3 Å². The number of nitrogens with two attached hydrogens (primary N) is 1. The van der Waals surface area contributed by atoms with E-state index in [0.29, 0.717) is 13.0 Å². The Balaban J connectivity index is 4.22.